The topological polar surface area (TPSA) is 30.2 Å². The molecule has 1 aromatic heterocycles. The molecule has 0 radical (unpaired) electrons. The van der Waals surface area contributed by atoms with Crippen LogP contribution in [-0.2, 0) is 6.42 Å². The van der Waals surface area contributed by atoms with Crippen molar-refractivity contribution >= 4 is 16.8 Å². The van der Waals surface area contributed by atoms with E-state index in [1.807, 2.05) is 38.1 Å². The molecule has 1 unspecified atom stereocenters. The molecule has 2 aromatic rings. The second-order valence-corrected chi connectivity index (χ2v) is 4.80. The first kappa shape index (κ1) is 12.9. The van der Waals surface area contributed by atoms with E-state index in [9.17, 15) is 4.79 Å². The fourth-order valence-electron chi connectivity index (χ4n) is 2.43. The van der Waals surface area contributed by atoms with Gasteiger partial charge in [0.2, 0.25) is 0 Å². The number of rotatable bonds is 5. The predicted octanol–water partition coefficient (Wildman–Crippen LogP) is 4.61. The molecule has 0 saturated carbocycles. The Labute approximate surface area is 108 Å². The summed E-state index contributed by atoms with van der Waals surface area (Å²) < 4.78 is 5.78. The third-order valence-electron chi connectivity index (χ3n) is 3.41. The summed E-state index contributed by atoms with van der Waals surface area (Å²) in [6.07, 6.45) is 2.72. The maximum Gasteiger partial charge on any atom is 0.169 e. The quantitative estimate of drug-likeness (QED) is 0.719. The number of hydrogen-bond acceptors (Lipinski definition) is 2. The minimum Gasteiger partial charge on any atom is -0.460 e. The minimum atomic E-state index is 0.0707. The van der Waals surface area contributed by atoms with Crippen LogP contribution in [-0.4, -0.2) is 5.78 Å². The molecule has 96 valence electrons. The molecule has 18 heavy (non-hydrogen) atoms. The van der Waals surface area contributed by atoms with E-state index >= 15 is 0 Å². The SMILES string of the molecule is CCCC(C)C(=O)c1c(CC)oc2ccccc12. The average Bonchev–Trinajstić information content (AvgIpc) is 2.76. The van der Waals surface area contributed by atoms with Crippen LogP contribution >= 0.6 is 0 Å². The van der Waals surface area contributed by atoms with Crippen molar-refractivity contribution < 1.29 is 9.21 Å². The second-order valence-electron chi connectivity index (χ2n) is 4.80. The van der Waals surface area contributed by atoms with Crippen LogP contribution < -0.4 is 0 Å². The largest absolute Gasteiger partial charge is 0.460 e. The lowest BCUT2D eigenvalue weighted by Crippen LogP contribution is -2.12. The van der Waals surface area contributed by atoms with Gasteiger partial charge in [0, 0.05) is 17.7 Å². The molecule has 2 heteroatoms. The van der Waals surface area contributed by atoms with Crippen LogP contribution in [0, 0.1) is 5.92 Å². The number of para-hydroxylation sites is 1. The maximum absolute atomic E-state index is 12.5. The smallest absolute Gasteiger partial charge is 0.169 e. The normalized spacial score (nSPS) is 12.8. The maximum atomic E-state index is 12.5. The van der Waals surface area contributed by atoms with Gasteiger partial charge in [0.15, 0.2) is 5.78 Å². The molecule has 0 fully saturated rings. The zero-order chi connectivity index (χ0) is 13.1. The van der Waals surface area contributed by atoms with Crippen LogP contribution in [0.25, 0.3) is 11.0 Å². The van der Waals surface area contributed by atoms with E-state index in [-0.39, 0.29) is 11.7 Å². The molecule has 2 nitrogen and oxygen atoms in total. The van der Waals surface area contributed by atoms with Gasteiger partial charge in [-0.25, -0.2) is 0 Å². The number of benzene rings is 1. The summed E-state index contributed by atoms with van der Waals surface area (Å²) in [4.78, 5) is 12.5. The molecule has 0 bridgehead atoms. The predicted molar refractivity (Wildman–Crippen MR) is 74.0 cm³/mol. The van der Waals surface area contributed by atoms with Gasteiger partial charge in [-0.2, -0.15) is 0 Å². The van der Waals surface area contributed by atoms with Crippen molar-refractivity contribution in [3.05, 3.63) is 35.6 Å². The number of aryl methyl sites for hydroxylation is 1. The van der Waals surface area contributed by atoms with E-state index in [2.05, 4.69) is 6.92 Å². The van der Waals surface area contributed by atoms with Crippen molar-refractivity contribution in [3.63, 3.8) is 0 Å². The highest BCUT2D eigenvalue weighted by Crippen LogP contribution is 2.29. The standard InChI is InChI=1S/C16H20O2/c1-4-8-11(3)16(17)15-12-9-6-7-10-14(12)18-13(15)5-2/h6-7,9-11H,4-5,8H2,1-3H3. The van der Waals surface area contributed by atoms with Gasteiger partial charge in [-0.15, -0.1) is 0 Å². The summed E-state index contributed by atoms with van der Waals surface area (Å²) in [6.45, 7) is 6.14. The van der Waals surface area contributed by atoms with Crippen LogP contribution in [0.15, 0.2) is 28.7 Å². The Balaban J connectivity index is 2.51. The Morgan fingerprint density at radius 3 is 2.67 bits per heavy atom. The highest BCUT2D eigenvalue weighted by molar-refractivity contribution is 6.09. The molecule has 2 rings (SSSR count). The summed E-state index contributed by atoms with van der Waals surface area (Å²) in [5.74, 6) is 1.11. The van der Waals surface area contributed by atoms with Gasteiger partial charge in [-0.05, 0) is 12.5 Å². The van der Waals surface area contributed by atoms with Crippen molar-refractivity contribution in [2.24, 2.45) is 5.92 Å². The lowest BCUT2D eigenvalue weighted by molar-refractivity contribution is 0.0923. The van der Waals surface area contributed by atoms with E-state index < -0.39 is 0 Å². The number of carbonyl (C=O) groups excluding carboxylic acids is 1. The van der Waals surface area contributed by atoms with E-state index in [4.69, 9.17) is 4.42 Å². The van der Waals surface area contributed by atoms with E-state index in [0.717, 1.165) is 41.6 Å². The summed E-state index contributed by atoms with van der Waals surface area (Å²) in [7, 11) is 0. The highest BCUT2D eigenvalue weighted by atomic mass is 16.3. The molecule has 0 amide bonds. The number of Topliss-reactive ketones (excluding diaryl/α,β-unsaturated/α-hetero) is 1. The van der Waals surface area contributed by atoms with Gasteiger partial charge >= 0.3 is 0 Å². The average molecular weight is 244 g/mol. The van der Waals surface area contributed by atoms with Gasteiger partial charge in [0.25, 0.3) is 0 Å². The molecule has 1 heterocycles. The Hall–Kier alpha value is -1.57. The summed E-state index contributed by atoms with van der Waals surface area (Å²) in [6, 6.07) is 7.80. The lowest BCUT2D eigenvalue weighted by Gasteiger charge is -2.08. The van der Waals surface area contributed by atoms with Gasteiger partial charge < -0.3 is 4.42 Å². The molecule has 0 saturated heterocycles. The molecule has 0 N–H and O–H groups in total. The van der Waals surface area contributed by atoms with Gasteiger partial charge in [-0.3, -0.25) is 4.79 Å². The second kappa shape index (κ2) is 5.38. The summed E-state index contributed by atoms with van der Waals surface area (Å²) >= 11 is 0. The fourth-order valence-corrected chi connectivity index (χ4v) is 2.43. The van der Waals surface area contributed by atoms with Crippen molar-refractivity contribution in [3.8, 4) is 0 Å². The number of fused-ring (bicyclic) bond motifs is 1. The zero-order valence-electron chi connectivity index (χ0n) is 11.3. The van der Waals surface area contributed by atoms with E-state index in [1.165, 1.54) is 0 Å². The first-order valence-corrected chi connectivity index (χ1v) is 6.73. The molecular weight excluding hydrogens is 224 g/mol. The molecule has 1 atom stereocenters. The third kappa shape index (κ3) is 2.20. The zero-order valence-corrected chi connectivity index (χ0v) is 11.3. The Kier molecular flexibility index (Phi) is 3.85. The first-order valence-electron chi connectivity index (χ1n) is 6.73. The molecule has 0 aliphatic rings. The lowest BCUT2D eigenvalue weighted by atomic mass is 9.93. The van der Waals surface area contributed by atoms with Crippen molar-refractivity contribution in [1.29, 1.82) is 0 Å². The Morgan fingerprint density at radius 2 is 2.00 bits per heavy atom. The van der Waals surface area contributed by atoms with Crippen LogP contribution in [0.2, 0.25) is 0 Å². The van der Waals surface area contributed by atoms with Crippen LogP contribution in [0.1, 0.15) is 49.7 Å². The van der Waals surface area contributed by atoms with Crippen molar-refractivity contribution in [1.82, 2.24) is 0 Å². The van der Waals surface area contributed by atoms with Crippen LogP contribution in [0.4, 0.5) is 0 Å². The Morgan fingerprint density at radius 1 is 1.28 bits per heavy atom. The number of furan rings is 1. The number of hydrogen-bond donors (Lipinski definition) is 0. The minimum absolute atomic E-state index is 0.0707. The van der Waals surface area contributed by atoms with Crippen molar-refractivity contribution in [2.75, 3.05) is 0 Å². The molecule has 1 aromatic carbocycles. The first-order chi connectivity index (χ1) is 8.69. The summed E-state index contributed by atoms with van der Waals surface area (Å²) in [5, 5.41) is 0.960. The van der Waals surface area contributed by atoms with Gasteiger partial charge in [0.05, 0.1) is 5.56 Å². The van der Waals surface area contributed by atoms with E-state index in [0.29, 0.717) is 0 Å². The van der Waals surface area contributed by atoms with Crippen LogP contribution in [0.3, 0.4) is 0 Å². The summed E-state index contributed by atoms with van der Waals surface area (Å²) in [5.41, 5.74) is 1.62. The molecular formula is C16H20O2. The molecule has 0 aliphatic heterocycles. The molecule has 0 spiro atoms. The number of ketones is 1. The van der Waals surface area contributed by atoms with Gasteiger partial charge in [-0.1, -0.05) is 45.4 Å². The number of carbonyl (C=O) groups is 1. The molecule has 0 aliphatic carbocycles. The third-order valence-corrected chi connectivity index (χ3v) is 3.41. The Bertz CT molecular complexity index is 551. The van der Waals surface area contributed by atoms with Crippen LogP contribution in [0.5, 0.6) is 0 Å². The van der Waals surface area contributed by atoms with E-state index in [1.54, 1.807) is 0 Å². The fraction of sp³-hybridized carbons (Fsp3) is 0.438. The van der Waals surface area contributed by atoms with Gasteiger partial charge in [0.1, 0.15) is 11.3 Å². The highest BCUT2D eigenvalue weighted by Gasteiger charge is 2.23. The monoisotopic (exact) mass is 244 g/mol. The van der Waals surface area contributed by atoms with Crippen molar-refractivity contribution in [2.45, 2.75) is 40.0 Å².